The maximum atomic E-state index is 14.8. The predicted octanol–water partition coefficient (Wildman–Crippen LogP) is 6.45. The van der Waals surface area contributed by atoms with Crippen molar-refractivity contribution in [2.45, 2.75) is 5.75 Å². The molecular formula is C23H16F5N5O2S. The van der Waals surface area contributed by atoms with Crippen LogP contribution in [0.3, 0.4) is 0 Å². The van der Waals surface area contributed by atoms with E-state index in [2.05, 4.69) is 29.9 Å². The van der Waals surface area contributed by atoms with Gasteiger partial charge in [0.25, 0.3) is 0 Å². The number of nitrogens with one attached hydrogen (secondary N) is 2. The van der Waals surface area contributed by atoms with E-state index < -0.39 is 40.5 Å². The maximum absolute atomic E-state index is 14.8. The van der Waals surface area contributed by atoms with Gasteiger partial charge in [-0.25, -0.2) is 28.1 Å². The van der Waals surface area contributed by atoms with Gasteiger partial charge in [0, 0.05) is 41.4 Å². The van der Waals surface area contributed by atoms with Crippen molar-refractivity contribution < 1.29 is 31.8 Å². The summed E-state index contributed by atoms with van der Waals surface area (Å²) in [6.45, 7) is 0. The third kappa shape index (κ3) is 5.25. The summed E-state index contributed by atoms with van der Waals surface area (Å²) in [5.41, 5.74) is -0.324. The molecule has 0 atom stereocenters. The lowest BCUT2D eigenvalue weighted by Gasteiger charge is -2.14. The molecule has 0 aliphatic rings. The minimum Gasteiger partial charge on any atom is -0.435 e. The number of aromatic nitrogens is 3. The molecule has 0 unspecified atom stereocenters. The van der Waals surface area contributed by atoms with Gasteiger partial charge in [0.1, 0.15) is 11.5 Å². The van der Waals surface area contributed by atoms with Crippen LogP contribution in [-0.2, 0) is 5.75 Å². The lowest BCUT2D eigenvalue weighted by Crippen LogP contribution is -2.03. The second kappa shape index (κ2) is 11.1. The van der Waals surface area contributed by atoms with Crippen LogP contribution in [0.1, 0.15) is 5.56 Å². The van der Waals surface area contributed by atoms with Crippen LogP contribution in [-0.4, -0.2) is 22.0 Å². The third-order valence-electron chi connectivity index (χ3n) is 4.81. The zero-order valence-electron chi connectivity index (χ0n) is 18.4. The maximum Gasteiger partial charge on any atom is 0.228 e. The summed E-state index contributed by atoms with van der Waals surface area (Å²) in [7, 11) is 1.62. The highest BCUT2D eigenvalue weighted by Gasteiger charge is 2.22. The predicted molar refractivity (Wildman–Crippen MR) is 124 cm³/mol. The Balaban J connectivity index is 1.56. The minimum atomic E-state index is -1.58. The first kappa shape index (κ1) is 25.0. The van der Waals surface area contributed by atoms with E-state index >= 15 is 0 Å². The van der Waals surface area contributed by atoms with E-state index in [4.69, 9.17) is 4.74 Å². The lowest BCUT2D eigenvalue weighted by atomic mass is 10.2. The molecule has 0 aliphatic carbocycles. The standard InChI is InChI=1S/C23H16F5N5O2S/c1-29-23-31-9-7-16(32-23)12-4-3-8-30-22(12)34-18-10-15(25)21(20(27)19(18)26)33-36-11-13-14(24)5-2-6-17(13)35-28/h2-10,33H,11H2,1H3,(H,29,31,32). The highest BCUT2D eigenvalue weighted by atomic mass is 32.2. The van der Waals surface area contributed by atoms with Gasteiger partial charge in [0.2, 0.25) is 17.6 Å². The molecule has 2 heterocycles. The van der Waals surface area contributed by atoms with E-state index in [-0.39, 0.29) is 17.2 Å². The number of anilines is 2. The van der Waals surface area contributed by atoms with Crippen molar-refractivity contribution in [3.05, 3.63) is 83.7 Å². The summed E-state index contributed by atoms with van der Waals surface area (Å²) in [6.07, 6.45) is 2.83. The molecule has 7 nitrogen and oxygen atoms in total. The molecule has 0 amide bonds. The molecule has 0 saturated heterocycles. The smallest absolute Gasteiger partial charge is 0.228 e. The SMILES string of the molecule is CNc1nccc(-c2cccnc2Oc2cc(F)c(NSCc3c(F)cccc3OF)c(F)c2F)n1. The van der Waals surface area contributed by atoms with Gasteiger partial charge in [-0.2, -0.15) is 4.39 Å². The van der Waals surface area contributed by atoms with Gasteiger partial charge in [-0.05, 0) is 42.3 Å². The Morgan fingerprint density at radius 1 is 0.917 bits per heavy atom. The Hall–Kier alpha value is -4.13. The molecule has 36 heavy (non-hydrogen) atoms. The molecule has 4 aromatic rings. The van der Waals surface area contributed by atoms with Crippen LogP contribution in [0.5, 0.6) is 17.4 Å². The molecule has 0 saturated carbocycles. The fraction of sp³-hybridized carbons (Fsp3) is 0.0870. The van der Waals surface area contributed by atoms with Gasteiger partial charge in [-0.15, -0.1) is 0 Å². The van der Waals surface area contributed by atoms with E-state index in [1.165, 1.54) is 24.5 Å². The second-order valence-electron chi connectivity index (χ2n) is 7.02. The molecule has 186 valence electrons. The first-order valence-corrected chi connectivity index (χ1v) is 11.2. The molecule has 0 radical (unpaired) electrons. The topological polar surface area (TPSA) is 81.2 Å². The normalized spacial score (nSPS) is 10.7. The Morgan fingerprint density at radius 2 is 1.75 bits per heavy atom. The van der Waals surface area contributed by atoms with Crippen LogP contribution in [0.15, 0.2) is 54.9 Å². The van der Waals surface area contributed by atoms with Crippen molar-refractivity contribution in [3.63, 3.8) is 0 Å². The summed E-state index contributed by atoms with van der Waals surface area (Å²) in [5, 5.41) is 2.78. The molecule has 13 heteroatoms. The number of nitrogens with zero attached hydrogens (tertiary/aromatic N) is 3. The van der Waals surface area contributed by atoms with Crippen molar-refractivity contribution in [1.29, 1.82) is 0 Å². The number of hydrogen-bond acceptors (Lipinski definition) is 8. The molecule has 0 aliphatic heterocycles. The highest BCUT2D eigenvalue weighted by Crippen LogP contribution is 2.36. The van der Waals surface area contributed by atoms with E-state index in [0.717, 1.165) is 6.07 Å². The van der Waals surface area contributed by atoms with Crippen LogP contribution in [0.25, 0.3) is 11.3 Å². The van der Waals surface area contributed by atoms with Gasteiger partial charge in [-0.1, -0.05) is 6.07 Å². The average Bonchev–Trinajstić information content (AvgIpc) is 2.90. The van der Waals surface area contributed by atoms with Crippen LogP contribution in [0.4, 0.5) is 33.7 Å². The molecule has 0 spiro atoms. The molecule has 4 rings (SSSR count). The molecule has 2 aromatic carbocycles. The Bertz CT molecular complexity index is 1400. The third-order valence-corrected chi connectivity index (χ3v) is 5.59. The summed E-state index contributed by atoms with van der Waals surface area (Å²) in [6, 6.07) is 8.84. The molecule has 0 fully saturated rings. The zero-order valence-corrected chi connectivity index (χ0v) is 19.2. The number of benzene rings is 2. The second-order valence-corrected chi connectivity index (χ2v) is 7.80. The average molecular weight is 521 g/mol. The van der Waals surface area contributed by atoms with E-state index in [9.17, 15) is 22.1 Å². The molecule has 0 bridgehead atoms. The summed E-state index contributed by atoms with van der Waals surface area (Å²) >= 11 is 0.597. The number of pyridine rings is 1. The van der Waals surface area contributed by atoms with E-state index in [1.54, 1.807) is 25.2 Å². The molecule has 2 N–H and O–H groups in total. The Kier molecular flexibility index (Phi) is 7.68. The van der Waals surface area contributed by atoms with Crippen molar-refractivity contribution in [1.82, 2.24) is 15.0 Å². The van der Waals surface area contributed by atoms with Crippen LogP contribution < -0.4 is 19.7 Å². The van der Waals surface area contributed by atoms with Gasteiger partial charge < -0.3 is 14.8 Å². The van der Waals surface area contributed by atoms with Gasteiger partial charge in [0.05, 0.1) is 11.3 Å². The highest BCUT2D eigenvalue weighted by molar-refractivity contribution is 7.99. The monoisotopic (exact) mass is 521 g/mol. The first-order valence-electron chi connectivity index (χ1n) is 10.2. The number of hydrogen-bond donors (Lipinski definition) is 2. The number of rotatable bonds is 9. The number of halogens is 5. The van der Waals surface area contributed by atoms with E-state index in [1.807, 2.05) is 0 Å². The lowest BCUT2D eigenvalue weighted by molar-refractivity contribution is -0.00748. The summed E-state index contributed by atoms with van der Waals surface area (Å²) in [4.78, 5) is 15.9. The van der Waals surface area contributed by atoms with E-state index in [0.29, 0.717) is 35.2 Å². The van der Waals surface area contributed by atoms with Crippen molar-refractivity contribution in [2.75, 3.05) is 17.1 Å². The fourth-order valence-corrected chi connectivity index (χ4v) is 3.90. The quantitative estimate of drug-likeness (QED) is 0.148. The number of ether oxygens (including phenoxy) is 1. The van der Waals surface area contributed by atoms with Crippen LogP contribution in [0.2, 0.25) is 0 Å². The fourth-order valence-electron chi connectivity index (χ4n) is 3.07. The summed E-state index contributed by atoms with van der Waals surface area (Å²) in [5.74, 6) is -6.32. The van der Waals surface area contributed by atoms with Crippen LogP contribution in [0, 0.1) is 23.3 Å². The van der Waals surface area contributed by atoms with Gasteiger partial charge >= 0.3 is 0 Å². The van der Waals surface area contributed by atoms with Gasteiger partial charge in [-0.3, -0.25) is 4.94 Å². The largest absolute Gasteiger partial charge is 0.435 e. The zero-order chi connectivity index (χ0) is 25.7. The van der Waals surface area contributed by atoms with Crippen LogP contribution >= 0.6 is 11.9 Å². The van der Waals surface area contributed by atoms with Gasteiger partial charge in [0.15, 0.2) is 23.1 Å². The Labute approximate surface area is 205 Å². The Morgan fingerprint density at radius 3 is 2.53 bits per heavy atom. The summed E-state index contributed by atoms with van der Waals surface area (Å²) < 4.78 is 78.4. The molecule has 2 aromatic heterocycles. The van der Waals surface area contributed by atoms with Crippen molar-refractivity contribution in [3.8, 4) is 28.6 Å². The van der Waals surface area contributed by atoms with Crippen molar-refractivity contribution >= 4 is 23.6 Å². The first-order chi connectivity index (χ1) is 17.4. The minimum absolute atomic E-state index is 0.149. The van der Waals surface area contributed by atoms with Crippen molar-refractivity contribution in [2.24, 2.45) is 0 Å². The molecular weight excluding hydrogens is 505 g/mol.